The number of aryl methyl sites for hydroxylation is 1. The Morgan fingerprint density at radius 3 is 2.29 bits per heavy atom. The highest BCUT2D eigenvalue weighted by Crippen LogP contribution is 2.26. The molecule has 0 radical (unpaired) electrons. The largest absolute Gasteiger partial charge is 0.384 e. The lowest BCUT2D eigenvalue weighted by Crippen LogP contribution is -2.03. The van der Waals surface area contributed by atoms with Crippen LogP contribution in [0.4, 0.5) is 0 Å². The normalized spacial score (nSPS) is 12.5. The van der Waals surface area contributed by atoms with E-state index in [9.17, 15) is 5.11 Å². The molecule has 2 rings (SSSR count). The topological polar surface area (TPSA) is 20.2 Å². The zero-order valence-electron chi connectivity index (χ0n) is 9.94. The third-order valence-electron chi connectivity index (χ3n) is 3.13. The van der Waals surface area contributed by atoms with Gasteiger partial charge in [0.2, 0.25) is 0 Å². The summed E-state index contributed by atoms with van der Waals surface area (Å²) in [6.45, 7) is 4.13. The molecule has 88 valence electrons. The van der Waals surface area contributed by atoms with Crippen molar-refractivity contribution in [2.24, 2.45) is 0 Å². The number of hydrogen-bond donors (Lipinski definition) is 1. The Kier molecular flexibility index (Phi) is 3.84. The highest BCUT2D eigenvalue weighted by Gasteiger charge is 2.13. The first-order valence-electron chi connectivity index (χ1n) is 5.59. The molecular formula is C15H15IO. The van der Waals surface area contributed by atoms with Gasteiger partial charge in [0.05, 0.1) is 0 Å². The maximum Gasteiger partial charge on any atom is 0.104 e. The van der Waals surface area contributed by atoms with Crippen molar-refractivity contribution < 1.29 is 5.11 Å². The van der Waals surface area contributed by atoms with Crippen LogP contribution < -0.4 is 0 Å². The van der Waals surface area contributed by atoms with Crippen molar-refractivity contribution in [2.75, 3.05) is 0 Å². The molecule has 0 amide bonds. The molecule has 0 fully saturated rings. The van der Waals surface area contributed by atoms with E-state index in [2.05, 4.69) is 42.5 Å². The molecule has 2 heteroatoms. The summed E-state index contributed by atoms with van der Waals surface area (Å²) < 4.78 is 1.18. The van der Waals surface area contributed by atoms with Gasteiger partial charge in [-0.1, -0.05) is 30.3 Å². The summed E-state index contributed by atoms with van der Waals surface area (Å²) in [5.41, 5.74) is 4.32. The van der Waals surface area contributed by atoms with Crippen LogP contribution in [0, 0.1) is 17.4 Å². The molecule has 1 unspecified atom stereocenters. The van der Waals surface area contributed by atoms with E-state index >= 15 is 0 Å². The summed E-state index contributed by atoms with van der Waals surface area (Å²) in [7, 11) is 0. The molecule has 0 saturated carbocycles. The van der Waals surface area contributed by atoms with Crippen LogP contribution in [0.5, 0.6) is 0 Å². The summed E-state index contributed by atoms with van der Waals surface area (Å²) in [6, 6.07) is 14.1. The van der Waals surface area contributed by atoms with Gasteiger partial charge >= 0.3 is 0 Å². The van der Waals surface area contributed by atoms with Crippen LogP contribution in [0.3, 0.4) is 0 Å². The number of aliphatic hydroxyl groups is 1. The van der Waals surface area contributed by atoms with Gasteiger partial charge in [-0.3, -0.25) is 0 Å². The molecule has 0 aliphatic heterocycles. The van der Waals surface area contributed by atoms with Crippen molar-refractivity contribution in [3.05, 3.63) is 68.3 Å². The molecule has 0 aliphatic rings. The van der Waals surface area contributed by atoms with Crippen LogP contribution in [0.25, 0.3) is 0 Å². The van der Waals surface area contributed by atoms with E-state index in [0.29, 0.717) is 0 Å². The number of halogens is 1. The first-order valence-corrected chi connectivity index (χ1v) is 6.67. The quantitative estimate of drug-likeness (QED) is 0.821. The molecule has 2 aromatic rings. The van der Waals surface area contributed by atoms with Gasteiger partial charge in [-0.15, -0.1) is 0 Å². The second-order valence-corrected chi connectivity index (χ2v) is 5.49. The lowest BCUT2D eigenvalue weighted by atomic mass is 9.95. The standard InChI is InChI=1S/C15H15IO/c1-10-4-3-5-14(11(10)2)15(17)12-6-8-13(16)9-7-12/h3-9,15,17H,1-2H3. The SMILES string of the molecule is Cc1cccc(C(O)c2ccc(I)cc2)c1C. The van der Waals surface area contributed by atoms with Crippen molar-refractivity contribution >= 4 is 22.6 Å². The van der Waals surface area contributed by atoms with Crippen LogP contribution in [-0.2, 0) is 0 Å². The van der Waals surface area contributed by atoms with Gasteiger partial charge in [0.15, 0.2) is 0 Å². The van der Waals surface area contributed by atoms with Gasteiger partial charge in [-0.25, -0.2) is 0 Å². The first-order chi connectivity index (χ1) is 8.09. The Bertz CT molecular complexity index is 517. The molecule has 17 heavy (non-hydrogen) atoms. The van der Waals surface area contributed by atoms with E-state index in [4.69, 9.17) is 0 Å². The van der Waals surface area contributed by atoms with E-state index in [1.54, 1.807) is 0 Å². The maximum absolute atomic E-state index is 10.4. The van der Waals surface area contributed by atoms with E-state index in [1.807, 2.05) is 36.4 Å². The Labute approximate surface area is 116 Å². The molecule has 0 bridgehead atoms. The number of hydrogen-bond acceptors (Lipinski definition) is 1. The van der Waals surface area contributed by atoms with E-state index in [-0.39, 0.29) is 0 Å². The number of rotatable bonds is 2. The van der Waals surface area contributed by atoms with Gasteiger partial charge < -0.3 is 5.11 Å². The van der Waals surface area contributed by atoms with Gasteiger partial charge in [0.25, 0.3) is 0 Å². The van der Waals surface area contributed by atoms with E-state index in [0.717, 1.165) is 11.1 Å². The lowest BCUT2D eigenvalue weighted by Gasteiger charge is -2.15. The van der Waals surface area contributed by atoms with Crippen molar-refractivity contribution in [1.29, 1.82) is 0 Å². The van der Waals surface area contributed by atoms with Gasteiger partial charge in [-0.05, 0) is 70.8 Å². The fourth-order valence-corrected chi connectivity index (χ4v) is 2.25. The fourth-order valence-electron chi connectivity index (χ4n) is 1.89. The first kappa shape index (κ1) is 12.6. The van der Waals surface area contributed by atoms with Crippen LogP contribution in [0.15, 0.2) is 42.5 Å². The predicted molar refractivity (Wildman–Crippen MR) is 79.1 cm³/mol. The Morgan fingerprint density at radius 2 is 1.65 bits per heavy atom. The Hall–Kier alpha value is -0.870. The zero-order chi connectivity index (χ0) is 12.4. The average Bonchev–Trinajstić information content (AvgIpc) is 2.33. The van der Waals surface area contributed by atoms with Crippen LogP contribution in [-0.4, -0.2) is 5.11 Å². The van der Waals surface area contributed by atoms with Crippen LogP contribution in [0.2, 0.25) is 0 Å². The third-order valence-corrected chi connectivity index (χ3v) is 3.85. The monoisotopic (exact) mass is 338 g/mol. The van der Waals surface area contributed by atoms with E-state index < -0.39 is 6.10 Å². The lowest BCUT2D eigenvalue weighted by molar-refractivity contribution is 0.219. The van der Waals surface area contributed by atoms with Gasteiger partial charge in [-0.2, -0.15) is 0 Å². The minimum atomic E-state index is -0.535. The molecule has 1 atom stereocenters. The average molecular weight is 338 g/mol. The van der Waals surface area contributed by atoms with Crippen LogP contribution >= 0.6 is 22.6 Å². The maximum atomic E-state index is 10.4. The van der Waals surface area contributed by atoms with Crippen molar-refractivity contribution in [2.45, 2.75) is 20.0 Å². The van der Waals surface area contributed by atoms with Crippen molar-refractivity contribution in [3.8, 4) is 0 Å². The summed E-state index contributed by atoms with van der Waals surface area (Å²) in [5.74, 6) is 0. The summed E-state index contributed by atoms with van der Waals surface area (Å²) in [5, 5.41) is 10.4. The highest BCUT2D eigenvalue weighted by atomic mass is 127. The molecule has 0 spiro atoms. The van der Waals surface area contributed by atoms with E-state index in [1.165, 1.54) is 14.7 Å². The zero-order valence-corrected chi connectivity index (χ0v) is 12.1. The molecule has 0 heterocycles. The minimum absolute atomic E-state index is 0.535. The second kappa shape index (κ2) is 5.19. The summed E-state index contributed by atoms with van der Waals surface area (Å²) >= 11 is 2.26. The molecule has 0 saturated heterocycles. The van der Waals surface area contributed by atoms with Crippen molar-refractivity contribution in [3.63, 3.8) is 0 Å². The van der Waals surface area contributed by atoms with Gasteiger partial charge in [0.1, 0.15) is 6.10 Å². The molecule has 1 N–H and O–H groups in total. The second-order valence-electron chi connectivity index (χ2n) is 4.24. The predicted octanol–water partition coefficient (Wildman–Crippen LogP) is 3.99. The molecule has 2 aromatic carbocycles. The fraction of sp³-hybridized carbons (Fsp3) is 0.200. The van der Waals surface area contributed by atoms with Crippen LogP contribution in [0.1, 0.15) is 28.4 Å². The highest BCUT2D eigenvalue weighted by molar-refractivity contribution is 14.1. The number of benzene rings is 2. The molecule has 0 aliphatic carbocycles. The Morgan fingerprint density at radius 1 is 1.00 bits per heavy atom. The minimum Gasteiger partial charge on any atom is -0.384 e. The summed E-state index contributed by atoms with van der Waals surface area (Å²) in [6.07, 6.45) is -0.535. The van der Waals surface area contributed by atoms with Crippen molar-refractivity contribution in [1.82, 2.24) is 0 Å². The molecular weight excluding hydrogens is 323 g/mol. The summed E-state index contributed by atoms with van der Waals surface area (Å²) in [4.78, 5) is 0. The molecule has 0 aromatic heterocycles. The molecule has 1 nitrogen and oxygen atoms in total. The third kappa shape index (κ3) is 2.69. The van der Waals surface area contributed by atoms with Gasteiger partial charge in [0, 0.05) is 3.57 Å². The Balaban J connectivity index is 2.40. The smallest absolute Gasteiger partial charge is 0.104 e. The number of aliphatic hydroxyl groups excluding tert-OH is 1.